The van der Waals surface area contributed by atoms with Gasteiger partial charge in [-0.2, -0.15) is 5.48 Å². The predicted octanol–water partition coefficient (Wildman–Crippen LogP) is -1.51. The van der Waals surface area contributed by atoms with Crippen molar-refractivity contribution in [3.63, 3.8) is 0 Å². The van der Waals surface area contributed by atoms with Gasteiger partial charge in [0.25, 0.3) is 0 Å². The van der Waals surface area contributed by atoms with Gasteiger partial charge in [0, 0.05) is 0 Å². The second kappa shape index (κ2) is 8.02. The molecule has 0 aliphatic heterocycles. The Bertz CT molecular complexity index is 213. The Labute approximate surface area is 102 Å². The van der Waals surface area contributed by atoms with E-state index < -0.39 is 29.6 Å². The fourth-order valence-corrected chi connectivity index (χ4v) is 0.667. The molecule has 5 N–H and O–H groups in total. The first kappa shape index (κ1) is 15.9. The Balaban J connectivity index is 3.57. The van der Waals surface area contributed by atoms with E-state index in [9.17, 15) is 4.79 Å². The highest BCUT2D eigenvalue weighted by Gasteiger charge is 2.23. The highest BCUT2D eigenvalue weighted by Crippen LogP contribution is 2.03. The van der Waals surface area contributed by atoms with E-state index in [0.29, 0.717) is 0 Å². The van der Waals surface area contributed by atoms with Crippen LogP contribution in [-0.4, -0.2) is 53.1 Å². The molecule has 0 unspecified atom stereocenters. The van der Waals surface area contributed by atoms with Crippen LogP contribution in [0.5, 0.6) is 0 Å². The van der Waals surface area contributed by atoms with Crippen LogP contribution in [0.3, 0.4) is 0 Å². The molecule has 0 radical (unpaired) electrons. The van der Waals surface area contributed by atoms with Gasteiger partial charge in [-0.1, -0.05) is 23.2 Å². The number of nitrogens with two attached hydrogens (primary N) is 1. The van der Waals surface area contributed by atoms with E-state index in [1.807, 2.05) is 0 Å². The number of halogens is 2. The molecule has 0 aromatic carbocycles. The number of esters is 1. The van der Waals surface area contributed by atoms with E-state index in [-0.39, 0.29) is 13.3 Å². The summed E-state index contributed by atoms with van der Waals surface area (Å²) in [6.07, 6.45) is 0. The van der Waals surface area contributed by atoms with Crippen LogP contribution in [0.2, 0.25) is 0 Å². The number of alkyl halides is 2. The average molecular weight is 277 g/mol. The standard InChI is InChI=1S/C7H14Cl2N2O5/c8-5(9)6(14)15-4-11-16-3-7(10,1-12)2-13/h5,11-13H,1-4,10H2. The normalized spacial score (nSPS) is 11.9. The number of aliphatic hydroxyl groups is 2. The Hall–Kier alpha value is -0.150. The van der Waals surface area contributed by atoms with Crippen LogP contribution in [0.1, 0.15) is 0 Å². The molecule has 9 heteroatoms. The lowest BCUT2D eigenvalue weighted by atomic mass is 10.1. The third-order valence-electron chi connectivity index (χ3n) is 1.54. The van der Waals surface area contributed by atoms with Crippen molar-refractivity contribution in [1.29, 1.82) is 0 Å². The molecular weight excluding hydrogens is 263 g/mol. The van der Waals surface area contributed by atoms with Gasteiger partial charge in [0.1, 0.15) is 0 Å². The van der Waals surface area contributed by atoms with Crippen molar-refractivity contribution >= 4 is 29.2 Å². The number of aliphatic hydroxyl groups excluding tert-OH is 2. The summed E-state index contributed by atoms with van der Waals surface area (Å²) in [7, 11) is 0. The third kappa shape index (κ3) is 6.44. The monoisotopic (exact) mass is 276 g/mol. The Morgan fingerprint density at radius 2 is 2.00 bits per heavy atom. The summed E-state index contributed by atoms with van der Waals surface area (Å²) < 4.78 is 4.48. The van der Waals surface area contributed by atoms with Crippen molar-refractivity contribution in [3.8, 4) is 0 Å². The summed E-state index contributed by atoms with van der Waals surface area (Å²) in [4.78, 5) is 14.2. The maximum atomic E-state index is 10.7. The fraction of sp³-hybridized carbons (Fsp3) is 0.857. The lowest BCUT2D eigenvalue weighted by Gasteiger charge is -2.23. The van der Waals surface area contributed by atoms with Gasteiger partial charge >= 0.3 is 5.97 Å². The molecule has 0 fully saturated rings. The molecule has 0 saturated heterocycles. The second-order valence-electron chi connectivity index (χ2n) is 3.02. The highest BCUT2D eigenvalue weighted by molar-refractivity contribution is 6.52. The molecule has 0 spiro atoms. The van der Waals surface area contributed by atoms with Gasteiger partial charge in [0.2, 0.25) is 4.84 Å². The van der Waals surface area contributed by atoms with Gasteiger partial charge in [-0.15, -0.1) is 0 Å². The molecule has 0 atom stereocenters. The first-order chi connectivity index (χ1) is 7.45. The predicted molar refractivity (Wildman–Crippen MR) is 56.6 cm³/mol. The molecule has 7 nitrogen and oxygen atoms in total. The number of rotatable bonds is 8. The molecule has 0 amide bonds. The van der Waals surface area contributed by atoms with Crippen LogP contribution in [0.25, 0.3) is 0 Å². The summed E-state index contributed by atoms with van der Waals surface area (Å²) in [6.45, 7) is -1.34. The quantitative estimate of drug-likeness (QED) is 0.140. The number of nitrogens with one attached hydrogen (secondary N) is 1. The lowest BCUT2D eigenvalue weighted by Crippen LogP contribution is -2.52. The van der Waals surface area contributed by atoms with Gasteiger partial charge in [-0.25, -0.2) is 4.79 Å². The van der Waals surface area contributed by atoms with Crippen LogP contribution in [-0.2, 0) is 14.4 Å². The molecule has 0 aromatic heterocycles. The van der Waals surface area contributed by atoms with E-state index in [0.717, 1.165) is 0 Å². The van der Waals surface area contributed by atoms with Crippen LogP contribution >= 0.6 is 23.2 Å². The van der Waals surface area contributed by atoms with Crippen LogP contribution in [0.4, 0.5) is 0 Å². The van der Waals surface area contributed by atoms with Gasteiger partial charge in [0.15, 0.2) is 6.73 Å². The van der Waals surface area contributed by atoms with E-state index in [4.69, 9.17) is 44.0 Å². The number of hydrogen-bond acceptors (Lipinski definition) is 7. The number of hydrogen-bond donors (Lipinski definition) is 4. The van der Waals surface area contributed by atoms with Gasteiger partial charge in [-0.3, -0.25) is 4.84 Å². The fourth-order valence-electron chi connectivity index (χ4n) is 0.541. The number of hydroxylamine groups is 1. The molecular formula is C7H14Cl2N2O5. The molecule has 96 valence electrons. The summed E-state index contributed by atoms with van der Waals surface area (Å²) in [5.41, 5.74) is 6.45. The Morgan fingerprint density at radius 3 is 2.44 bits per heavy atom. The van der Waals surface area contributed by atoms with Gasteiger partial charge in [-0.05, 0) is 0 Å². The number of carbonyl (C=O) groups is 1. The zero-order chi connectivity index (χ0) is 12.6. The largest absolute Gasteiger partial charge is 0.446 e. The molecule has 0 aliphatic rings. The molecule has 0 heterocycles. The van der Waals surface area contributed by atoms with E-state index in [1.54, 1.807) is 0 Å². The summed E-state index contributed by atoms with van der Waals surface area (Å²) in [6, 6.07) is 0. The van der Waals surface area contributed by atoms with Crippen LogP contribution < -0.4 is 11.2 Å². The summed E-state index contributed by atoms with van der Waals surface area (Å²) in [5, 5.41) is 17.6. The maximum Gasteiger partial charge on any atom is 0.340 e. The van der Waals surface area contributed by atoms with Crippen molar-refractivity contribution in [2.45, 2.75) is 10.4 Å². The van der Waals surface area contributed by atoms with Crippen LogP contribution in [0, 0.1) is 0 Å². The average Bonchev–Trinajstić information content (AvgIpc) is 2.27. The molecule has 16 heavy (non-hydrogen) atoms. The topological polar surface area (TPSA) is 114 Å². The number of carbonyl (C=O) groups excluding carboxylic acids is 1. The van der Waals surface area contributed by atoms with Crippen molar-refractivity contribution in [1.82, 2.24) is 5.48 Å². The Kier molecular flexibility index (Phi) is 7.94. The molecule has 0 saturated carbocycles. The van der Waals surface area contributed by atoms with Crippen LogP contribution in [0.15, 0.2) is 0 Å². The first-order valence-electron chi connectivity index (χ1n) is 4.25. The summed E-state index contributed by atoms with van der Waals surface area (Å²) >= 11 is 10.4. The molecule has 0 bridgehead atoms. The van der Waals surface area contributed by atoms with Crippen molar-refractivity contribution < 1.29 is 24.6 Å². The molecule has 0 aliphatic carbocycles. The maximum absolute atomic E-state index is 10.7. The van der Waals surface area contributed by atoms with Crippen molar-refractivity contribution in [2.24, 2.45) is 5.73 Å². The summed E-state index contributed by atoms with van der Waals surface area (Å²) in [5.74, 6) is -0.817. The lowest BCUT2D eigenvalue weighted by molar-refractivity contribution is -0.148. The zero-order valence-electron chi connectivity index (χ0n) is 8.36. The minimum absolute atomic E-state index is 0.164. The van der Waals surface area contributed by atoms with Gasteiger partial charge < -0.3 is 20.7 Å². The van der Waals surface area contributed by atoms with Crippen molar-refractivity contribution in [3.05, 3.63) is 0 Å². The highest BCUT2D eigenvalue weighted by atomic mass is 35.5. The van der Waals surface area contributed by atoms with Crippen molar-refractivity contribution in [2.75, 3.05) is 26.6 Å². The SMILES string of the molecule is NC(CO)(CO)CONCOC(=O)C(Cl)Cl. The molecule has 0 rings (SSSR count). The zero-order valence-corrected chi connectivity index (χ0v) is 9.87. The minimum Gasteiger partial charge on any atom is -0.446 e. The Morgan fingerprint density at radius 1 is 1.44 bits per heavy atom. The first-order valence-corrected chi connectivity index (χ1v) is 5.12. The minimum atomic E-state index is -1.26. The van der Waals surface area contributed by atoms with E-state index in [2.05, 4.69) is 10.2 Å². The number of ether oxygens (including phenoxy) is 1. The third-order valence-corrected chi connectivity index (χ3v) is 1.90. The van der Waals surface area contributed by atoms with E-state index >= 15 is 0 Å². The van der Waals surface area contributed by atoms with E-state index in [1.165, 1.54) is 0 Å². The smallest absolute Gasteiger partial charge is 0.340 e. The molecule has 0 aromatic rings. The second-order valence-corrected chi connectivity index (χ2v) is 4.12. The van der Waals surface area contributed by atoms with Gasteiger partial charge in [0.05, 0.1) is 25.4 Å².